The van der Waals surface area contributed by atoms with Crippen LogP contribution in [0.3, 0.4) is 0 Å². The molecule has 1 aliphatic rings. The average Bonchev–Trinajstić information content (AvgIpc) is 2.88. The third-order valence-corrected chi connectivity index (χ3v) is 3.25. The molecule has 1 saturated heterocycles. The Kier molecular flexibility index (Phi) is 5.74. The maximum Gasteiger partial charge on any atom is 0.410 e. The highest BCUT2D eigenvalue weighted by Gasteiger charge is 2.38. The molecule has 0 spiro atoms. The van der Waals surface area contributed by atoms with Crippen LogP contribution < -0.4 is 0 Å². The Hall–Kier alpha value is -2.12. The van der Waals surface area contributed by atoms with Crippen molar-refractivity contribution in [3.8, 4) is 0 Å². The molecule has 1 aromatic carbocycles. The number of hydrogen-bond donors (Lipinski definition) is 1. The van der Waals surface area contributed by atoms with E-state index in [-0.39, 0.29) is 26.0 Å². The number of carboxylic acid groups (broad SMARTS) is 1. The summed E-state index contributed by atoms with van der Waals surface area (Å²) in [6.45, 7) is 2.31. The molecule has 1 aromatic rings. The number of carbonyl (C=O) groups is 2. The predicted octanol–water partition coefficient (Wildman–Crippen LogP) is 1.47. The minimum Gasteiger partial charge on any atom is -0.465 e. The molecule has 2 unspecified atom stereocenters. The summed E-state index contributed by atoms with van der Waals surface area (Å²) in [6, 6.07) is 8.83. The van der Waals surface area contributed by atoms with Gasteiger partial charge in [-0.05, 0) is 12.5 Å². The Balaban J connectivity index is 1.69. The van der Waals surface area contributed by atoms with E-state index in [9.17, 15) is 9.59 Å². The van der Waals surface area contributed by atoms with Gasteiger partial charge in [0.25, 0.3) is 0 Å². The minimum atomic E-state index is -1.20. The van der Waals surface area contributed by atoms with Crippen LogP contribution in [0, 0.1) is 0 Å². The summed E-state index contributed by atoms with van der Waals surface area (Å²) in [7, 11) is 0. The number of ether oxygens (including phenoxy) is 3. The lowest BCUT2D eigenvalue weighted by molar-refractivity contribution is -0.140. The normalized spacial score (nSPS) is 19.0. The quantitative estimate of drug-likeness (QED) is 0.768. The highest BCUT2D eigenvalue weighted by atomic mass is 16.6. The van der Waals surface area contributed by atoms with Crippen LogP contribution in [-0.2, 0) is 25.6 Å². The summed E-state index contributed by atoms with van der Waals surface area (Å²) in [5.74, 6) is -0.583. The van der Waals surface area contributed by atoms with E-state index in [4.69, 9.17) is 19.3 Å². The van der Waals surface area contributed by atoms with Gasteiger partial charge in [-0.3, -0.25) is 4.90 Å². The molecule has 1 heterocycles. The average molecular weight is 309 g/mol. The fourth-order valence-electron chi connectivity index (χ4n) is 2.00. The van der Waals surface area contributed by atoms with Crippen molar-refractivity contribution in [2.45, 2.75) is 25.7 Å². The molecular weight excluding hydrogens is 290 g/mol. The number of hydrogen-bond acceptors (Lipinski definition) is 5. The summed E-state index contributed by atoms with van der Waals surface area (Å²) < 4.78 is 15.7. The summed E-state index contributed by atoms with van der Waals surface area (Å²) >= 11 is 0. The zero-order chi connectivity index (χ0) is 15.9. The molecular formula is C15H19NO6. The first kappa shape index (κ1) is 16.3. The Morgan fingerprint density at radius 1 is 1.45 bits per heavy atom. The summed E-state index contributed by atoms with van der Waals surface area (Å²) in [5.41, 5.74) is 1.06. The molecule has 0 aliphatic carbocycles. The van der Waals surface area contributed by atoms with E-state index in [0.29, 0.717) is 6.61 Å². The van der Waals surface area contributed by atoms with Crippen molar-refractivity contribution in [3.63, 3.8) is 0 Å². The van der Waals surface area contributed by atoms with Crippen molar-refractivity contribution in [3.05, 3.63) is 35.9 Å². The number of esters is 1. The Morgan fingerprint density at radius 3 is 2.86 bits per heavy atom. The predicted molar refractivity (Wildman–Crippen MR) is 76.1 cm³/mol. The second-order valence-electron chi connectivity index (χ2n) is 5.01. The molecule has 120 valence electrons. The summed E-state index contributed by atoms with van der Waals surface area (Å²) in [5, 5.41) is 8.93. The smallest absolute Gasteiger partial charge is 0.410 e. The van der Waals surface area contributed by atoms with Crippen molar-refractivity contribution in [2.24, 2.45) is 0 Å². The fraction of sp³-hybridized carbons (Fsp3) is 0.467. The third kappa shape index (κ3) is 4.44. The number of benzene rings is 1. The molecule has 7 heteroatoms. The number of nitrogens with zero attached hydrogens (tertiary/aromatic N) is 1. The number of amides is 1. The van der Waals surface area contributed by atoms with E-state index in [1.807, 2.05) is 37.3 Å². The monoisotopic (exact) mass is 309 g/mol. The van der Waals surface area contributed by atoms with Gasteiger partial charge < -0.3 is 19.3 Å². The second-order valence-corrected chi connectivity index (χ2v) is 5.01. The van der Waals surface area contributed by atoms with Crippen LogP contribution in [-0.4, -0.2) is 54.2 Å². The van der Waals surface area contributed by atoms with Crippen LogP contribution in [0.2, 0.25) is 0 Å². The number of cyclic esters (lactones) is 1. The van der Waals surface area contributed by atoms with E-state index < -0.39 is 18.1 Å². The van der Waals surface area contributed by atoms with Gasteiger partial charge in [-0.15, -0.1) is 0 Å². The highest BCUT2D eigenvalue weighted by Crippen LogP contribution is 2.12. The van der Waals surface area contributed by atoms with E-state index in [1.165, 1.54) is 0 Å². The molecule has 1 fully saturated rings. The molecule has 0 bridgehead atoms. The van der Waals surface area contributed by atoms with Gasteiger partial charge in [-0.1, -0.05) is 30.3 Å². The van der Waals surface area contributed by atoms with Gasteiger partial charge >= 0.3 is 12.1 Å². The zero-order valence-electron chi connectivity index (χ0n) is 12.3. The fourth-order valence-corrected chi connectivity index (χ4v) is 2.00. The first-order valence-electron chi connectivity index (χ1n) is 6.97. The van der Waals surface area contributed by atoms with Crippen LogP contribution in [0.15, 0.2) is 30.3 Å². The molecule has 0 aromatic heterocycles. The lowest BCUT2D eigenvalue weighted by Gasteiger charge is -2.18. The van der Waals surface area contributed by atoms with Crippen molar-refractivity contribution >= 4 is 12.1 Å². The van der Waals surface area contributed by atoms with Crippen LogP contribution in [0.1, 0.15) is 12.5 Å². The Morgan fingerprint density at radius 2 is 2.18 bits per heavy atom. The molecule has 2 atom stereocenters. The van der Waals surface area contributed by atoms with Crippen LogP contribution in [0.4, 0.5) is 4.79 Å². The standard InChI is InChI=1S/C15H19NO6/c1-11(21-8-12-5-3-2-4-6-12)7-20-9-13-14(17)22-10-16(13)15(18)19/h2-6,11,13H,7-10H2,1H3,(H,18,19). The Labute approximate surface area is 128 Å². The molecule has 1 N–H and O–H groups in total. The lowest BCUT2D eigenvalue weighted by atomic mass is 10.2. The van der Waals surface area contributed by atoms with Gasteiger partial charge in [-0.25, -0.2) is 9.59 Å². The topological polar surface area (TPSA) is 85.3 Å². The Bertz CT molecular complexity index is 506. The third-order valence-electron chi connectivity index (χ3n) is 3.25. The summed E-state index contributed by atoms with van der Waals surface area (Å²) in [4.78, 5) is 23.3. The molecule has 0 saturated carbocycles. The maximum absolute atomic E-state index is 11.4. The van der Waals surface area contributed by atoms with E-state index in [2.05, 4.69) is 0 Å². The highest BCUT2D eigenvalue weighted by molar-refractivity contribution is 5.83. The largest absolute Gasteiger partial charge is 0.465 e. The van der Waals surface area contributed by atoms with Gasteiger partial charge in [0.2, 0.25) is 0 Å². The molecule has 1 aliphatic heterocycles. The van der Waals surface area contributed by atoms with Gasteiger partial charge in [0.05, 0.1) is 25.9 Å². The zero-order valence-corrected chi connectivity index (χ0v) is 12.3. The van der Waals surface area contributed by atoms with Crippen LogP contribution in [0.5, 0.6) is 0 Å². The van der Waals surface area contributed by atoms with Crippen molar-refractivity contribution in [2.75, 3.05) is 19.9 Å². The van der Waals surface area contributed by atoms with E-state index in [0.717, 1.165) is 10.5 Å². The minimum absolute atomic E-state index is 0.0375. The van der Waals surface area contributed by atoms with Crippen LogP contribution in [0.25, 0.3) is 0 Å². The molecule has 7 nitrogen and oxygen atoms in total. The number of rotatable bonds is 7. The van der Waals surface area contributed by atoms with Crippen molar-refractivity contribution < 1.29 is 28.9 Å². The van der Waals surface area contributed by atoms with Crippen LogP contribution >= 0.6 is 0 Å². The summed E-state index contributed by atoms with van der Waals surface area (Å²) in [6.07, 6.45) is -1.37. The van der Waals surface area contributed by atoms with Gasteiger partial charge in [0, 0.05) is 0 Å². The van der Waals surface area contributed by atoms with E-state index in [1.54, 1.807) is 0 Å². The lowest BCUT2D eigenvalue weighted by Crippen LogP contribution is -2.40. The van der Waals surface area contributed by atoms with Gasteiger partial charge in [-0.2, -0.15) is 0 Å². The molecule has 22 heavy (non-hydrogen) atoms. The molecule has 0 radical (unpaired) electrons. The van der Waals surface area contributed by atoms with E-state index >= 15 is 0 Å². The maximum atomic E-state index is 11.4. The molecule has 1 amide bonds. The first-order chi connectivity index (χ1) is 10.6. The molecule has 2 rings (SSSR count). The van der Waals surface area contributed by atoms with Crippen molar-refractivity contribution in [1.82, 2.24) is 4.90 Å². The van der Waals surface area contributed by atoms with Gasteiger partial charge in [0.1, 0.15) is 0 Å². The first-order valence-corrected chi connectivity index (χ1v) is 6.97. The number of carbonyl (C=O) groups excluding carboxylic acids is 1. The van der Waals surface area contributed by atoms with Gasteiger partial charge in [0.15, 0.2) is 12.8 Å². The second kappa shape index (κ2) is 7.77. The van der Waals surface area contributed by atoms with Crippen molar-refractivity contribution in [1.29, 1.82) is 0 Å². The SMILES string of the molecule is CC(COCC1C(=O)OCN1C(=O)O)OCc1ccccc1.